The van der Waals surface area contributed by atoms with Gasteiger partial charge in [0.25, 0.3) is 0 Å². The highest BCUT2D eigenvalue weighted by Crippen LogP contribution is 2.23. The number of aromatic nitrogens is 4. The third kappa shape index (κ3) is 2.29. The molecule has 0 saturated carbocycles. The number of anilines is 2. The van der Waals surface area contributed by atoms with Gasteiger partial charge in [-0.15, -0.1) is 0 Å². The maximum atomic E-state index is 5.37. The maximum absolute atomic E-state index is 5.37. The van der Waals surface area contributed by atoms with Gasteiger partial charge in [0.1, 0.15) is 11.3 Å². The molecule has 0 bridgehead atoms. The van der Waals surface area contributed by atoms with Crippen LogP contribution in [-0.2, 0) is 6.54 Å². The summed E-state index contributed by atoms with van der Waals surface area (Å²) in [7, 11) is 1.96. The van der Waals surface area contributed by atoms with Crippen LogP contribution < -0.4 is 10.2 Å². The Kier molecular flexibility index (Phi) is 3.24. The summed E-state index contributed by atoms with van der Waals surface area (Å²) in [5, 5.41) is 3.12. The Hall–Kier alpha value is -2.57. The molecule has 0 fully saturated rings. The fraction of sp³-hybridized carbons (Fsp3) is 0.308. The van der Waals surface area contributed by atoms with Crippen molar-refractivity contribution in [1.29, 1.82) is 0 Å². The summed E-state index contributed by atoms with van der Waals surface area (Å²) in [6.45, 7) is 3.39. The Morgan fingerprint density at radius 2 is 2.30 bits per heavy atom. The molecule has 7 heteroatoms. The molecule has 0 radical (unpaired) electrons. The van der Waals surface area contributed by atoms with E-state index in [1.165, 1.54) is 0 Å². The lowest BCUT2D eigenvalue weighted by molar-refractivity contribution is 0.507. The van der Waals surface area contributed by atoms with Crippen molar-refractivity contribution in [2.75, 3.05) is 23.8 Å². The van der Waals surface area contributed by atoms with Gasteiger partial charge in [0, 0.05) is 13.6 Å². The van der Waals surface area contributed by atoms with Gasteiger partial charge < -0.3 is 19.6 Å². The topological polar surface area (TPSA) is 82.9 Å². The van der Waals surface area contributed by atoms with Gasteiger partial charge in [-0.25, -0.2) is 4.98 Å². The van der Waals surface area contributed by atoms with E-state index < -0.39 is 0 Å². The minimum Gasteiger partial charge on any atom is -0.467 e. The van der Waals surface area contributed by atoms with Gasteiger partial charge in [0.05, 0.1) is 19.1 Å². The quantitative estimate of drug-likeness (QED) is 0.739. The number of rotatable bonds is 5. The maximum Gasteiger partial charge on any atom is 0.226 e. The molecule has 0 aliphatic rings. The highest BCUT2D eigenvalue weighted by Gasteiger charge is 2.14. The zero-order valence-electron chi connectivity index (χ0n) is 11.4. The first-order valence-electron chi connectivity index (χ1n) is 6.46. The fourth-order valence-corrected chi connectivity index (χ4v) is 2.04. The molecule has 0 unspecified atom stereocenters. The van der Waals surface area contributed by atoms with Crippen molar-refractivity contribution in [2.24, 2.45) is 0 Å². The molecule has 0 saturated heterocycles. The number of furan rings is 1. The van der Waals surface area contributed by atoms with E-state index in [1.54, 1.807) is 12.6 Å². The predicted octanol–water partition coefficient (Wildman–Crippen LogP) is 2.01. The number of hydrogen-bond acceptors (Lipinski definition) is 6. The molecule has 0 amide bonds. The van der Waals surface area contributed by atoms with Crippen LogP contribution in [0.2, 0.25) is 0 Å². The molecule has 104 valence electrons. The largest absolute Gasteiger partial charge is 0.467 e. The zero-order chi connectivity index (χ0) is 13.9. The van der Waals surface area contributed by atoms with Crippen LogP contribution in [0.1, 0.15) is 12.7 Å². The van der Waals surface area contributed by atoms with Gasteiger partial charge in [-0.3, -0.25) is 0 Å². The van der Waals surface area contributed by atoms with Gasteiger partial charge in [-0.1, -0.05) is 0 Å². The van der Waals surface area contributed by atoms with E-state index >= 15 is 0 Å². The van der Waals surface area contributed by atoms with Crippen LogP contribution in [0.3, 0.4) is 0 Å². The number of nitrogens with one attached hydrogen (secondary N) is 2. The Morgan fingerprint density at radius 1 is 1.40 bits per heavy atom. The van der Waals surface area contributed by atoms with Crippen molar-refractivity contribution in [1.82, 2.24) is 19.9 Å². The second-order valence-corrected chi connectivity index (χ2v) is 4.44. The molecule has 0 atom stereocenters. The van der Waals surface area contributed by atoms with E-state index in [-0.39, 0.29) is 0 Å². The van der Waals surface area contributed by atoms with Gasteiger partial charge in [0.2, 0.25) is 5.95 Å². The van der Waals surface area contributed by atoms with E-state index in [0.29, 0.717) is 18.1 Å². The summed E-state index contributed by atoms with van der Waals surface area (Å²) in [6.07, 6.45) is 3.29. The number of hydrogen-bond donors (Lipinski definition) is 2. The number of imidazole rings is 1. The standard InChI is InChI=1S/C13H16N6O/c1-3-14-13-17-11-10(15-8-16-11)12(18-13)19(2)7-9-5-4-6-20-9/h4-6,8H,3,7H2,1-2H3,(H2,14,15,16,17,18). The first kappa shape index (κ1) is 12.5. The first-order chi connectivity index (χ1) is 9.78. The van der Waals surface area contributed by atoms with Gasteiger partial charge in [-0.05, 0) is 19.1 Å². The number of H-pyrrole nitrogens is 1. The Bertz CT molecular complexity index is 690. The van der Waals surface area contributed by atoms with E-state index in [0.717, 1.165) is 23.6 Å². The molecule has 0 aliphatic heterocycles. The van der Waals surface area contributed by atoms with E-state index in [1.807, 2.05) is 31.0 Å². The van der Waals surface area contributed by atoms with Crippen molar-refractivity contribution < 1.29 is 4.42 Å². The minimum atomic E-state index is 0.577. The van der Waals surface area contributed by atoms with Crippen LogP contribution in [0.25, 0.3) is 11.2 Å². The molecule has 3 aromatic heterocycles. The lowest BCUT2D eigenvalue weighted by atomic mass is 10.4. The summed E-state index contributed by atoms with van der Waals surface area (Å²) in [4.78, 5) is 18.2. The van der Waals surface area contributed by atoms with Crippen LogP contribution in [-0.4, -0.2) is 33.5 Å². The number of fused-ring (bicyclic) bond motifs is 1. The van der Waals surface area contributed by atoms with E-state index in [9.17, 15) is 0 Å². The summed E-state index contributed by atoms with van der Waals surface area (Å²) in [5.41, 5.74) is 1.47. The van der Waals surface area contributed by atoms with Crippen molar-refractivity contribution in [3.05, 3.63) is 30.5 Å². The second kappa shape index (κ2) is 5.20. The van der Waals surface area contributed by atoms with Crippen molar-refractivity contribution in [2.45, 2.75) is 13.5 Å². The summed E-state index contributed by atoms with van der Waals surface area (Å²) < 4.78 is 5.37. The third-order valence-electron chi connectivity index (χ3n) is 2.94. The lowest BCUT2D eigenvalue weighted by Gasteiger charge is -2.18. The van der Waals surface area contributed by atoms with Crippen LogP contribution in [0, 0.1) is 0 Å². The molecule has 0 spiro atoms. The number of nitrogens with zero attached hydrogens (tertiary/aromatic N) is 4. The van der Waals surface area contributed by atoms with Crippen LogP contribution in [0.5, 0.6) is 0 Å². The summed E-state index contributed by atoms with van der Waals surface area (Å²) in [5.74, 6) is 2.25. The smallest absolute Gasteiger partial charge is 0.226 e. The van der Waals surface area contributed by atoms with Crippen molar-refractivity contribution in [3.63, 3.8) is 0 Å². The van der Waals surface area contributed by atoms with Crippen molar-refractivity contribution in [3.8, 4) is 0 Å². The summed E-state index contributed by atoms with van der Waals surface area (Å²) in [6, 6.07) is 3.81. The Balaban J connectivity index is 1.97. The highest BCUT2D eigenvalue weighted by atomic mass is 16.3. The average molecular weight is 272 g/mol. The van der Waals surface area contributed by atoms with Crippen LogP contribution in [0.4, 0.5) is 11.8 Å². The molecule has 3 rings (SSSR count). The molecular formula is C13H16N6O. The lowest BCUT2D eigenvalue weighted by Crippen LogP contribution is -2.19. The second-order valence-electron chi connectivity index (χ2n) is 4.44. The Morgan fingerprint density at radius 3 is 3.05 bits per heavy atom. The molecule has 3 aromatic rings. The first-order valence-corrected chi connectivity index (χ1v) is 6.46. The van der Waals surface area contributed by atoms with E-state index in [2.05, 4.69) is 25.3 Å². The molecule has 7 nitrogen and oxygen atoms in total. The monoisotopic (exact) mass is 272 g/mol. The highest BCUT2D eigenvalue weighted by molar-refractivity contribution is 5.84. The molecule has 3 heterocycles. The van der Waals surface area contributed by atoms with Crippen molar-refractivity contribution >= 4 is 22.9 Å². The third-order valence-corrected chi connectivity index (χ3v) is 2.94. The van der Waals surface area contributed by atoms with E-state index in [4.69, 9.17) is 4.42 Å². The Labute approximate surface area is 116 Å². The molecule has 0 aliphatic carbocycles. The van der Waals surface area contributed by atoms with Gasteiger partial charge in [-0.2, -0.15) is 9.97 Å². The summed E-state index contributed by atoms with van der Waals surface area (Å²) >= 11 is 0. The molecular weight excluding hydrogens is 256 g/mol. The normalized spacial score (nSPS) is 10.9. The fourth-order valence-electron chi connectivity index (χ4n) is 2.04. The minimum absolute atomic E-state index is 0.577. The predicted molar refractivity (Wildman–Crippen MR) is 76.7 cm³/mol. The van der Waals surface area contributed by atoms with Crippen LogP contribution in [0.15, 0.2) is 29.1 Å². The average Bonchev–Trinajstić information content (AvgIpc) is 3.08. The van der Waals surface area contributed by atoms with Gasteiger partial charge in [0.15, 0.2) is 11.5 Å². The number of aromatic amines is 1. The SMILES string of the molecule is CCNc1nc(N(C)Cc2ccco2)c2[nH]cnc2n1. The molecule has 20 heavy (non-hydrogen) atoms. The van der Waals surface area contributed by atoms with Crippen LogP contribution >= 0.6 is 0 Å². The zero-order valence-corrected chi connectivity index (χ0v) is 11.4. The molecule has 0 aromatic carbocycles. The van der Waals surface area contributed by atoms with Gasteiger partial charge >= 0.3 is 0 Å². The molecule has 2 N–H and O–H groups in total.